The lowest BCUT2D eigenvalue weighted by atomic mass is 9.92. The summed E-state index contributed by atoms with van der Waals surface area (Å²) in [4.78, 5) is 14.4. The average molecular weight is 304 g/mol. The van der Waals surface area contributed by atoms with Crippen molar-refractivity contribution in [3.63, 3.8) is 0 Å². The molecular formula is C11H13FN2O5S. The van der Waals surface area contributed by atoms with Crippen LogP contribution in [0.1, 0.15) is 12.8 Å². The topological polar surface area (TPSA) is 106 Å². The first-order chi connectivity index (χ1) is 9.36. The minimum Gasteiger partial charge on any atom is -0.480 e. The summed E-state index contributed by atoms with van der Waals surface area (Å²) in [5.74, 6) is -2.10. The molecule has 0 unspecified atom stereocenters. The van der Waals surface area contributed by atoms with Crippen LogP contribution in [0.2, 0.25) is 0 Å². The largest absolute Gasteiger partial charge is 0.480 e. The molecule has 1 aromatic rings. The molecule has 1 aliphatic heterocycles. The van der Waals surface area contributed by atoms with Crippen molar-refractivity contribution >= 4 is 16.0 Å². The van der Waals surface area contributed by atoms with Gasteiger partial charge >= 0.3 is 5.97 Å². The number of rotatable bonds is 4. The van der Waals surface area contributed by atoms with Crippen molar-refractivity contribution in [3.8, 4) is 0 Å². The lowest BCUT2D eigenvalue weighted by Crippen LogP contribution is -2.57. The molecule has 0 amide bonds. The second-order valence-corrected chi connectivity index (χ2v) is 6.13. The van der Waals surface area contributed by atoms with Crippen LogP contribution in [0.25, 0.3) is 0 Å². The maximum absolute atomic E-state index is 13.0. The minimum atomic E-state index is -4.17. The molecule has 0 saturated carbocycles. The van der Waals surface area contributed by atoms with E-state index in [2.05, 4.69) is 9.71 Å². The minimum absolute atomic E-state index is 0.00427. The maximum atomic E-state index is 13.0. The molecule has 2 heterocycles. The number of hydrogen-bond acceptors (Lipinski definition) is 5. The number of sulfonamides is 1. The maximum Gasteiger partial charge on any atom is 0.325 e. The Labute approximate surface area is 114 Å². The van der Waals surface area contributed by atoms with Crippen LogP contribution in [0.3, 0.4) is 0 Å². The normalized spacial score (nSPS) is 18.6. The number of carbonyl (C=O) groups is 1. The molecule has 0 radical (unpaired) electrons. The van der Waals surface area contributed by atoms with E-state index in [1.807, 2.05) is 0 Å². The van der Waals surface area contributed by atoms with Crippen molar-refractivity contribution in [2.75, 3.05) is 13.2 Å². The summed E-state index contributed by atoms with van der Waals surface area (Å²) >= 11 is 0. The van der Waals surface area contributed by atoms with Gasteiger partial charge in [0.25, 0.3) is 0 Å². The van der Waals surface area contributed by atoms with Gasteiger partial charge in [-0.2, -0.15) is 4.72 Å². The van der Waals surface area contributed by atoms with Gasteiger partial charge in [0, 0.05) is 32.3 Å². The van der Waals surface area contributed by atoms with E-state index >= 15 is 0 Å². The van der Waals surface area contributed by atoms with Crippen LogP contribution in [-0.2, 0) is 19.6 Å². The Bertz CT molecular complexity index is 613. The van der Waals surface area contributed by atoms with Gasteiger partial charge in [-0.3, -0.25) is 9.78 Å². The molecule has 0 bridgehead atoms. The van der Waals surface area contributed by atoms with Gasteiger partial charge in [-0.25, -0.2) is 12.8 Å². The number of carboxylic acids is 1. The first-order valence-electron chi connectivity index (χ1n) is 5.81. The number of aromatic nitrogens is 1. The van der Waals surface area contributed by atoms with Gasteiger partial charge in [0.05, 0.1) is 6.20 Å². The van der Waals surface area contributed by atoms with Gasteiger partial charge in [0.2, 0.25) is 10.0 Å². The van der Waals surface area contributed by atoms with E-state index in [0.717, 1.165) is 18.5 Å². The Kier molecular flexibility index (Phi) is 4.02. The Morgan fingerprint density at radius 2 is 2.05 bits per heavy atom. The average Bonchev–Trinajstić information content (AvgIpc) is 2.39. The Morgan fingerprint density at radius 1 is 1.40 bits per heavy atom. The van der Waals surface area contributed by atoms with Crippen molar-refractivity contribution in [2.45, 2.75) is 23.3 Å². The SMILES string of the molecule is O=C(O)C1(NS(=O)(=O)c2cncc(F)c2)CCOCC1. The number of nitrogens with zero attached hydrogens (tertiary/aromatic N) is 1. The van der Waals surface area contributed by atoms with E-state index < -0.39 is 32.2 Å². The lowest BCUT2D eigenvalue weighted by Gasteiger charge is -2.33. The number of nitrogens with one attached hydrogen (secondary N) is 1. The fraction of sp³-hybridized carbons (Fsp3) is 0.455. The molecule has 7 nitrogen and oxygen atoms in total. The van der Waals surface area contributed by atoms with E-state index in [1.165, 1.54) is 0 Å². The molecule has 1 fully saturated rings. The highest BCUT2D eigenvalue weighted by Crippen LogP contribution is 2.24. The molecule has 0 atom stereocenters. The van der Waals surface area contributed by atoms with Crippen molar-refractivity contribution in [1.82, 2.24) is 9.71 Å². The van der Waals surface area contributed by atoms with E-state index in [0.29, 0.717) is 0 Å². The van der Waals surface area contributed by atoms with Gasteiger partial charge in [0.1, 0.15) is 16.3 Å². The van der Waals surface area contributed by atoms with Gasteiger partial charge in [-0.05, 0) is 6.07 Å². The number of aliphatic carboxylic acids is 1. The van der Waals surface area contributed by atoms with Crippen molar-refractivity contribution in [1.29, 1.82) is 0 Å². The molecule has 110 valence electrons. The fourth-order valence-corrected chi connectivity index (χ4v) is 3.33. The van der Waals surface area contributed by atoms with Crippen LogP contribution in [0.5, 0.6) is 0 Å². The molecule has 2 N–H and O–H groups in total. The van der Waals surface area contributed by atoms with Crippen LogP contribution in [0.4, 0.5) is 4.39 Å². The molecular weight excluding hydrogens is 291 g/mol. The lowest BCUT2D eigenvalue weighted by molar-refractivity contribution is -0.147. The van der Waals surface area contributed by atoms with E-state index in [9.17, 15) is 22.7 Å². The van der Waals surface area contributed by atoms with Crippen molar-refractivity contribution in [2.24, 2.45) is 0 Å². The molecule has 1 aromatic heterocycles. The van der Waals surface area contributed by atoms with Crippen LogP contribution >= 0.6 is 0 Å². The van der Waals surface area contributed by atoms with Crippen LogP contribution < -0.4 is 4.72 Å². The summed E-state index contributed by atoms with van der Waals surface area (Å²) in [7, 11) is -4.17. The molecule has 20 heavy (non-hydrogen) atoms. The van der Waals surface area contributed by atoms with E-state index in [-0.39, 0.29) is 26.1 Å². The number of ether oxygens (including phenoxy) is 1. The first kappa shape index (κ1) is 14.8. The number of halogens is 1. The third-order valence-electron chi connectivity index (χ3n) is 3.08. The monoisotopic (exact) mass is 304 g/mol. The van der Waals surface area contributed by atoms with Gasteiger partial charge in [-0.1, -0.05) is 0 Å². The quantitative estimate of drug-likeness (QED) is 0.819. The summed E-state index contributed by atoms with van der Waals surface area (Å²) < 4.78 is 44.5. The highest BCUT2D eigenvalue weighted by molar-refractivity contribution is 7.89. The third kappa shape index (κ3) is 2.94. The summed E-state index contributed by atoms with van der Waals surface area (Å²) in [5, 5.41) is 9.28. The van der Waals surface area contributed by atoms with Crippen molar-refractivity contribution < 1.29 is 27.4 Å². The summed E-state index contributed by atoms with van der Waals surface area (Å²) in [5.41, 5.74) is -1.64. The number of carboxylic acid groups (broad SMARTS) is 1. The smallest absolute Gasteiger partial charge is 0.325 e. The fourth-order valence-electron chi connectivity index (χ4n) is 1.93. The van der Waals surface area contributed by atoms with Crippen molar-refractivity contribution in [3.05, 3.63) is 24.3 Å². The second-order valence-electron chi connectivity index (χ2n) is 4.44. The zero-order valence-electron chi connectivity index (χ0n) is 10.4. The predicted molar refractivity (Wildman–Crippen MR) is 64.9 cm³/mol. The highest BCUT2D eigenvalue weighted by atomic mass is 32.2. The second kappa shape index (κ2) is 5.43. The predicted octanol–water partition coefficient (Wildman–Crippen LogP) is 0.133. The van der Waals surface area contributed by atoms with Gasteiger partial charge in [0.15, 0.2) is 0 Å². The van der Waals surface area contributed by atoms with Crippen LogP contribution in [0, 0.1) is 5.82 Å². The third-order valence-corrected chi connectivity index (χ3v) is 4.58. The first-order valence-corrected chi connectivity index (χ1v) is 7.30. The van der Waals surface area contributed by atoms with Gasteiger partial charge in [-0.15, -0.1) is 0 Å². The van der Waals surface area contributed by atoms with Gasteiger partial charge < -0.3 is 9.84 Å². The Balaban J connectivity index is 2.32. The van der Waals surface area contributed by atoms with E-state index in [4.69, 9.17) is 4.74 Å². The summed E-state index contributed by atoms with van der Waals surface area (Å²) in [6, 6.07) is 0.782. The molecule has 1 saturated heterocycles. The van der Waals surface area contributed by atoms with Crippen LogP contribution in [0.15, 0.2) is 23.4 Å². The molecule has 2 rings (SSSR count). The van der Waals surface area contributed by atoms with E-state index in [1.54, 1.807) is 0 Å². The molecule has 1 aliphatic rings. The Morgan fingerprint density at radius 3 is 2.60 bits per heavy atom. The zero-order valence-corrected chi connectivity index (χ0v) is 11.2. The molecule has 0 aromatic carbocycles. The number of pyridine rings is 1. The standard InChI is InChI=1S/C11H13FN2O5S/c12-8-5-9(7-13-6-8)20(17,18)14-11(10(15)16)1-3-19-4-2-11/h5-7,14H,1-4H2,(H,15,16). The molecule has 9 heteroatoms. The Hall–Kier alpha value is -1.58. The summed E-state index contributed by atoms with van der Waals surface area (Å²) in [6.45, 7) is 0.270. The molecule has 0 spiro atoms. The number of hydrogen-bond donors (Lipinski definition) is 2. The molecule has 0 aliphatic carbocycles. The summed E-state index contributed by atoms with van der Waals surface area (Å²) in [6.07, 6.45) is 1.83. The van der Waals surface area contributed by atoms with Crippen LogP contribution in [-0.4, -0.2) is 43.2 Å². The highest BCUT2D eigenvalue weighted by Gasteiger charge is 2.43. The zero-order chi connectivity index (χ0) is 14.8.